The molecule has 1 aliphatic heterocycles. The predicted molar refractivity (Wildman–Crippen MR) is 140 cm³/mol. The molecular formula is C28H30N4O4. The lowest BCUT2D eigenvalue weighted by Crippen LogP contribution is -2.40. The summed E-state index contributed by atoms with van der Waals surface area (Å²) >= 11 is 0. The zero-order valence-electron chi connectivity index (χ0n) is 20.0. The van der Waals surface area contributed by atoms with Crippen LogP contribution in [0.15, 0.2) is 78.9 Å². The first-order valence-corrected chi connectivity index (χ1v) is 12.0. The van der Waals surface area contributed by atoms with Crippen LogP contribution in [0.3, 0.4) is 0 Å². The number of aryl methyl sites for hydroxylation is 1. The van der Waals surface area contributed by atoms with Crippen LogP contribution >= 0.6 is 0 Å². The lowest BCUT2D eigenvalue weighted by molar-refractivity contribution is -0.116. The lowest BCUT2D eigenvalue weighted by Gasteiger charge is -2.26. The first-order chi connectivity index (χ1) is 17.6. The third-order valence-electron chi connectivity index (χ3n) is 5.80. The molecule has 4 rings (SSSR count). The number of hydrogen-bond donors (Lipinski definition) is 3. The van der Waals surface area contributed by atoms with Gasteiger partial charge in [-0.1, -0.05) is 36.4 Å². The molecule has 1 aliphatic rings. The normalized spacial score (nSPS) is 13.1. The van der Waals surface area contributed by atoms with Gasteiger partial charge in [-0.15, -0.1) is 0 Å². The average Bonchev–Trinajstić information content (AvgIpc) is 2.92. The molecule has 0 spiro atoms. The third-order valence-corrected chi connectivity index (χ3v) is 5.80. The number of amides is 3. The van der Waals surface area contributed by atoms with Crippen molar-refractivity contribution < 1.29 is 19.1 Å². The van der Waals surface area contributed by atoms with E-state index in [1.165, 1.54) is 0 Å². The van der Waals surface area contributed by atoms with E-state index >= 15 is 0 Å². The Labute approximate surface area is 210 Å². The second-order valence-electron chi connectivity index (χ2n) is 8.50. The standard InChI is InChI=1S/C28H30N4O4/c33-26(14-9-21-5-2-1-3-6-21)30-24-7-4-8-25(19-24)31-27(34)20-29-23-12-10-22(11-13-23)28(35)32-15-17-36-18-16-32/h1-8,10-13,19,29H,9,14-18,20H2,(H,30,33)(H,31,34). The monoisotopic (exact) mass is 486 g/mol. The van der Waals surface area contributed by atoms with Crippen LogP contribution in [-0.2, 0) is 20.7 Å². The number of rotatable bonds is 9. The number of nitrogens with one attached hydrogen (secondary N) is 3. The first kappa shape index (κ1) is 24.9. The Morgan fingerprint density at radius 1 is 0.750 bits per heavy atom. The molecule has 0 unspecified atom stereocenters. The molecule has 8 nitrogen and oxygen atoms in total. The summed E-state index contributed by atoms with van der Waals surface area (Å²) in [5.74, 6) is -0.329. The smallest absolute Gasteiger partial charge is 0.254 e. The van der Waals surface area contributed by atoms with Gasteiger partial charge in [0.05, 0.1) is 19.8 Å². The molecule has 1 heterocycles. The number of ether oxygens (including phenoxy) is 1. The largest absolute Gasteiger partial charge is 0.378 e. The van der Waals surface area contributed by atoms with Crippen LogP contribution in [0.4, 0.5) is 17.1 Å². The van der Waals surface area contributed by atoms with Crippen molar-refractivity contribution in [1.82, 2.24) is 4.90 Å². The van der Waals surface area contributed by atoms with Crippen LogP contribution in [0.5, 0.6) is 0 Å². The van der Waals surface area contributed by atoms with Crippen molar-refractivity contribution in [1.29, 1.82) is 0 Å². The van der Waals surface area contributed by atoms with Crippen LogP contribution in [0.1, 0.15) is 22.3 Å². The quantitative estimate of drug-likeness (QED) is 0.428. The van der Waals surface area contributed by atoms with Crippen molar-refractivity contribution in [3.05, 3.63) is 90.0 Å². The van der Waals surface area contributed by atoms with Crippen molar-refractivity contribution in [2.24, 2.45) is 0 Å². The molecule has 0 atom stereocenters. The zero-order valence-corrected chi connectivity index (χ0v) is 20.0. The van der Waals surface area contributed by atoms with Crippen molar-refractivity contribution in [3.8, 4) is 0 Å². The molecule has 3 N–H and O–H groups in total. The summed E-state index contributed by atoms with van der Waals surface area (Å²) in [7, 11) is 0. The summed E-state index contributed by atoms with van der Waals surface area (Å²) in [4.78, 5) is 39.0. The Balaban J connectivity index is 1.22. The fourth-order valence-corrected chi connectivity index (χ4v) is 3.87. The summed E-state index contributed by atoms with van der Waals surface area (Å²) in [6, 6.07) is 24.0. The fourth-order valence-electron chi connectivity index (χ4n) is 3.87. The molecule has 36 heavy (non-hydrogen) atoms. The van der Waals surface area contributed by atoms with Gasteiger partial charge in [0, 0.05) is 42.1 Å². The molecule has 1 fully saturated rings. The second-order valence-corrected chi connectivity index (χ2v) is 8.50. The van der Waals surface area contributed by atoms with E-state index in [2.05, 4.69) is 16.0 Å². The number of carbonyl (C=O) groups is 3. The minimum Gasteiger partial charge on any atom is -0.378 e. The van der Waals surface area contributed by atoms with Crippen LogP contribution in [-0.4, -0.2) is 55.5 Å². The van der Waals surface area contributed by atoms with Gasteiger partial charge in [0.25, 0.3) is 5.91 Å². The highest BCUT2D eigenvalue weighted by Crippen LogP contribution is 2.16. The van der Waals surface area contributed by atoms with E-state index in [0.717, 1.165) is 11.3 Å². The Kier molecular flexibility index (Phi) is 8.67. The third kappa shape index (κ3) is 7.41. The second kappa shape index (κ2) is 12.5. The van der Waals surface area contributed by atoms with Crippen LogP contribution in [0.25, 0.3) is 0 Å². The van der Waals surface area contributed by atoms with E-state index in [1.807, 2.05) is 30.3 Å². The molecule has 0 saturated carbocycles. The van der Waals surface area contributed by atoms with E-state index in [9.17, 15) is 14.4 Å². The molecule has 3 aromatic rings. The van der Waals surface area contributed by atoms with E-state index in [1.54, 1.807) is 53.4 Å². The molecule has 0 aromatic heterocycles. The van der Waals surface area contributed by atoms with Gasteiger partial charge in [0.15, 0.2) is 0 Å². The number of hydrogen-bond acceptors (Lipinski definition) is 5. The maximum atomic E-state index is 12.5. The summed E-state index contributed by atoms with van der Waals surface area (Å²) in [5, 5.41) is 8.77. The van der Waals surface area contributed by atoms with Crippen molar-refractivity contribution in [2.75, 3.05) is 48.8 Å². The van der Waals surface area contributed by atoms with Gasteiger partial charge in [-0.3, -0.25) is 14.4 Å². The number of morpholine rings is 1. The van der Waals surface area contributed by atoms with Gasteiger partial charge in [-0.25, -0.2) is 0 Å². The minimum absolute atomic E-state index is 0.0189. The van der Waals surface area contributed by atoms with Crippen molar-refractivity contribution in [2.45, 2.75) is 12.8 Å². The highest BCUT2D eigenvalue weighted by Gasteiger charge is 2.18. The summed E-state index contributed by atoms with van der Waals surface area (Å²) < 4.78 is 5.29. The highest BCUT2D eigenvalue weighted by molar-refractivity contribution is 5.96. The number of nitrogens with zero attached hydrogens (tertiary/aromatic N) is 1. The van der Waals surface area contributed by atoms with Gasteiger partial charge < -0.3 is 25.6 Å². The summed E-state index contributed by atoms with van der Waals surface area (Å²) in [6.45, 7) is 2.37. The van der Waals surface area contributed by atoms with E-state index in [-0.39, 0.29) is 24.3 Å². The van der Waals surface area contributed by atoms with Gasteiger partial charge in [-0.2, -0.15) is 0 Å². The predicted octanol–water partition coefficient (Wildman–Crippen LogP) is 3.78. The summed E-state index contributed by atoms with van der Waals surface area (Å²) in [6.07, 6.45) is 1.04. The average molecular weight is 487 g/mol. The van der Waals surface area contributed by atoms with Crippen molar-refractivity contribution in [3.63, 3.8) is 0 Å². The molecule has 186 valence electrons. The van der Waals surface area contributed by atoms with E-state index in [4.69, 9.17) is 4.74 Å². The Morgan fingerprint density at radius 3 is 2.11 bits per heavy atom. The Hall–Kier alpha value is -4.17. The SMILES string of the molecule is O=C(CCc1ccccc1)Nc1cccc(NC(=O)CNc2ccc(C(=O)N3CCOCC3)cc2)c1. The molecule has 0 radical (unpaired) electrons. The number of anilines is 3. The van der Waals surface area contributed by atoms with Gasteiger partial charge in [-0.05, 0) is 54.4 Å². The molecule has 8 heteroatoms. The van der Waals surface area contributed by atoms with Crippen LogP contribution in [0, 0.1) is 0 Å². The maximum Gasteiger partial charge on any atom is 0.254 e. The molecule has 0 aliphatic carbocycles. The lowest BCUT2D eigenvalue weighted by atomic mass is 10.1. The highest BCUT2D eigenvalue weighted by atomic mass is 16.5. The molecule has 1 saturated heterocycles. The van der Waals surface area contributed by atoms with Crippen molar-refractivity contribution >= 4 is 34.8 Å². The van der Waals surface area contributed by atoms with E-state index in [0.29, 0.717) is 56.1 Å². The molecule has 0 bridgehead atoms. The maximum absolute atomic E-state index is 12.5. The zero-order chi connectivity index (χ0) is 25.2. The first-order valence-electron chi connectivity index (χ1n) is 12.0. The van der Waals surface area contributed by atoms with Gasteiger partial charge >= 0.3 is 0 Å². The molecule has 3 aromatic carbocycles. The Morgan fingerprint density at radius 2 is 1.42 bits per heavy atom. The van der Waals surface area contributed by atoms with E-state index < -0.39 is 0 Å². The molecular weight excluding hydrogens is 456 g/mol. The van der Waals surface area contributed by atoms with Gasteiger partial charge in [0.1, 0.15) is 0 Å². The van der Waals surface area contributed by atoms with Gasteiger partial charge in [0.2, 0.25) is 11.8 Å². The molecule has 3 amide bonds. The minimum atomic E-state index is -0.226. The van der Waals surface area contributed by atoms with Crippen LogP contribution in [0.2, 0.25) is 0 Å². The van der Waals surface area contributed by atoms with Crippen LogP contribution < -0.4 is 16.0 Å². The summed E-state index contributed by atoms with van der Waals surface area (Å²) in [5.41, 5.74) is 3.67. The number of benzene rings is 3. The number of carbonyl (C=O) groups excluding carboxylic acids is 3. The topological polar surface area (TPSA) is 99.8 Å². The Bertz CT molecular complexity index is 1180. The fraction of sp³-hybridized carbons (Fsp3) is 0.250.